The molecule has 1 N–H and O–H groups in total. The summed E-state index contributed by atoms with van der Waals surface area (Å²) in [5.74, 6) is 0. The minimum atomic E-state index is 0.258. The Morgan fingerprint density at radius 3 is 2.89 bits per heavy atom. The van der Waals surface area contributed by atoms with Crippen molar-refractivity contribution in [2.24, 2.45) is 0 Å². The highest BCUT2D eigenvalue weighted by molar-refractivity contribution is 5.14. The van der Waals surface area contributed by atoms with Crippen molar-refractivity contribution in [3.8, 4) is 0 Å². The number of rotatable bonds is 4. The maximum atomic E-state index is 4.66. The van der Waals surface area contributed by atoms with Gasteiger partial charge in [-0.25, -0.2) is 0 Å². The van der Waals surface area contributed by atoms with Crippen molar-refractivity contribution >= 4 is 0 Å². The Hall–Kier alpha value is -0.830. The topological polar surface area (TPSA) is 29.9 Å². The molecular formula is C15H27N3. The van der Waals surface area contributed by atoms with Gasteiger partial charge in [-0.3, -0.25) is 4.68 Å². The number of nitrogens with one attached hydrogen (secondary N) is 1. The van der Waals surface area contributed by atoms with Gasteiger partial charge in [-0.1, -0.05) is 19.8 Å². The molecule has 1 saturated heterocycles. The van der Waals surface area contributed by atoms with Crippen molar-refractivity contribution in [1.82, 2.24) is 15.1 Å². The first kappa shape index (κ1) is 13.6. The van der Waals surface area contributed by atoms with Crippen LogP contribution in [0.15, 0.2) is 6.07 Å². The van der Waals surface area contributed by atoms with Gasteiger partial charge in [-0.05, 0) is 45.7 Å². The van der Waals surface area contributed by atoms with Gasteiger partial charge in [-0.2, -0.15) is 5.10 Å². The molecule has 2 rings (SSSR count). The second-order valence-electron chi connectivity index (χ2n) is 5.77. The van der Waals surface area contributed by atoms with Gasteiger partial charge in [0.15, 0.2) is 0 Å². The number of hydrogen-bond acceptors (Lipinski definition) is 2. The Morgan fingerprint density at radius 1 is 1.33 bits per heavy atom. The molecule has 1 atom stereocenters. The SMILES string of the molecule is CCc1cc(CC2(C)CCCCCN2)n(CC)n1. The number of nitrogens with zero attached hydrogens (tertiary/aromatic N) is 2. The summed E-state index contributed by atoms with van der Waals surface area (Å²) in [6.45, 7) is 8.87. The predicted octanol–water partition coefficient (Wildman–Crippen LogP) is 2.93. The minimum absolute atomic E-state index is 0.258. The smallest absolute Gasteiger partial charge is 0.0624 e. The van der Waals surface area contributed by atoms with Crippen LogP contribution in [0.2, 0.25) is 0 Å². The predicted molar refractivity (Wildman–Crippen MR) is 75.9 cm³/mol. The maximum absolute atomic E-state index is 4.66. The minimum Gasteiger partial charge on any atom is -0.311 e. The van der Waals surface area contributed by atoms with E-state index in [0.29, 0.717) is 0 Å². The molecule has 0 bridgehead atoms. The van der Waals surface area contributed by atoms with Gasteiger partial charge >= 0.3 is 0 Å². The molecule has 1 aromatic heterocycles. The molecule has 0 amide bonds. The first-order chi connectivity index (χ1) is 8.67. The fraction of sp³-hybridized carbons (Fsp3) is 0.800. The molecular weight excluding hydrogens is 222 g/mol. The zero-order valence-electron chi connectivity index (χ0n) is 12.1. The summed E-state index contributed by atoms with van der Waals surface area (Å²) >= 11 is 0. The number of aryl methyl sites for hydroxylation is 2. The quantitative estimate of drug-likeness (QED) is 0.889. The van der Waals surface area contributed by atoms with Crippen molar-refractivity contribution in [2.75, 3.05) is 6.54 Å². The van der Waals surface area contributed by atoms with Crippen LogP contribution in [0, 0.1) is 0 Å². The molecule has 102 valence electrons. The van der Waals surface area contributed by atoms with Crippen molar-refractivity contribution < 1.29 is 0 Å². The Bertz CT molecular complexity index is 373. The summed E-state index contributed by atoms with van der Waals surface area (Å²) < 4.78 is 2.18. The third kappa shape index (κ3) is 3.14. The summed E-state index contributed by atoms with van der Waals surface area (Å²) in [5, 5.41) is 8.40. The first-order valence-electron chi connectivity index (χ1n) is 7.47. The fourth-order valence-electron chi connectivity index (χ4n) is 2.95. The van der Waals surface area contributed by atoms with Crippen LogP contribution in [0.1, 0.15) is 57.8 Å². The molecule has 1 fully saturated rings. The van der Waals surface area contributed by atoms with Gasteiger partial charge in [0.05, 0.1) is 5.69 Å². The summed E-state index contributed by atoms with van der Waals surface area (Å²) in [5.41, 5.74) is 2.88. The van der Waals surface area contributed by atoms with Gasteiger partial charge in [0.1, 0.15) is 0 Å². The molecule has 3 nitrogen and oxygen atoms in total. The van der Waals surface area contributed by atoms with Crippen LogP contribution in [0.4, 0.5) is 0 Å². The van der Waals surface area contributed by atoms with Crippen molar-refractivity contribution in [2.45, 2.75) is 71.4 Å². The molecule has 0 spiro atoms. The lowest BCUT2D eigenvalue weighted by Gasteiger charge is -2.29. The maximum Gasteiger partial charge on any atom is 0.0624 e. The van der Waals surface area contributed by atoms with Crippen LogP contribution in [-0.2, 0) is 19.4 Å². The van der Waals surface area contributed by atoms with Gasteiger partial charge in [0, 0.05) is 24.2 Å². The summed E-state index contributed by atoms with van der Waals surface area (Å²) in [6.07, 6.45) is 7.46. The number of hydrogen-bond donors (Lipinski definition) is 1. The molecule has 1 aromatic rings. The molecule has 1 unspecified atom stereocenters. The van der Waals surface area contributed by atoms with E-state index in [0.717, 1.165) is 25.9 Å². The lowest BCUT2D eigenvalue weighted by atomic mass is 9.90. The van der Waals surface area contributed by atoms with E-state index >= 15 is 0 Å². The Labute approximate surface area is 111 Å². The van der Waals surface area contributed by atoms with E-state index < -0.39 is 0 Å². The highest BCUT2D eigenvalue weighted by Crippen LogP contribution is 2.23. The third-order valence-corrected chi connectivity index (χ3v) is 4.10. The van der Waals surface area contributed by atoms with E-state index in [1.54, 1.807) is 0 Å². The summed E-state index contributed by atoms with van der Waals surface area (Å²) in [7, 11) is 0. The van der Waals surface area contributed by atoms with Gasteiger partial charge in [0.25, 0.3) is 0 Å². The Kier molecular flexibility index (Phi) is 4.44. The largest absolute Gasteiger partial charge is 0.311 e. The van der Waals surface area contributed by atoms with Gasteiger partial charge in [0.2, 0.25) is 0 Å². The normalized spacial score (nSPS) is 25.1. The second-order valence-corrected chi connectivity index (χ2v) is 5.77. The lowest BCUT2D eigenvalue weighted by molar-refractivity contribution is 0.336. The van der Waals surface area contributed by atoms with E-state index in [1.807, 2.05) is 0 Å². The second kappa shape index (κ2) is 5.87. The van der Waals surface area contributed by atoms with Crippen molar-refractivity contribution in [3.63, 3.8) is 0 Å². The Balaban J connectivity index is 2.13. The fourth-order valence-corrected chi connectivity index (χ4v) is 2.95. The lowest BCUT2D eigenvalue weighted by Crippen LogP contribution is -2.44. The molecule has 3 heteroatoms. The van der Waals surface area contributed by atoms with Crippen molar-refractivity contribution in [3.05, 3.63) is 17.5 Å². The van der Waals surface area contributed by atoms with Crippen LogP contribution in [-0.4, -0.2) is 21.9 Å². The van der Waals surface area contributed by atoms with Crippen LogP contribution < -0.4 is 5.32 Å². The summed E-state index contributed by atoms with van der Waals surface area (Å²) in [6, 6.07) is 2.29. The molecule has 1 aliphatic heterocycles. The average molecular weight is 249 g/mol. The first-order valence-corrected chi connectivity index (χ1v) is 7.47. The van der Waals surface area contributed by atoms with Crippen molar-refractivity contribution in [1.29, 1.82) is 0 Å². The zero-order valence-corrected chi connectivity index (χ0v) is 12.1. The monoisotopic (exact) mass is 249 g/mol. The molecule has 18 heavy (non-hydrogen) atoms. The van der Waals surface area contributed by atoms with Crippen LogP contribution in [0.5, 0.6) is 0 Å². The van der Waals surface area contributed by atoms with Crippen LogP contribution in [0.3, 0.4) is 0 Å². The van der Waals surface area contributed by atoms with E-state index in [2.05, 4.69) is 41.9 Å². The molecule has 0 aliphatic carbocycles. The van der Waals surface area contributed by atoms with E-state index in [1.165, 1.54) is 37.1 Å². The molecule has 0 saturated carbocycles. The average Bonchev–Trinajstić information content (AvgIpc) is 2.62. The highest BCUT2D eigenvalue weighted by Gasteiger charge is 2.26. The Morgan fingerprint density at radius 2 is 2.17 bits per heavy atom. The molecule has 0 aromatic carbocycles. The van der Waals surface area contributed by atoms with E-state index in [9.17, 15) is 0 Å². The standard InChI is InChI=1S/C15H27N3/c1-4-13-11-14(18(5-2)17-13)12-15(3)9-7-6-8-10-16-15/h11,16H,4-10,12H2,1-3H3. The van der Waals surface area contributed by atoms with Gasteiger partial charge in [-0.15, -0.1) is 0 Å². The number of aromatic nitrogens is 2. The third-order valence-electron chi connectivity index (χ3n) is 4.10. The van der Waals surface area contributed by atoms with Gasteiger partial charge < -0.3 is 5.32 Å². The van der Waals surface area contributed by atoms with Crippen LogP contribution >= 0.6 is 0 Å². The molecule has 0 radical (unpaired) electrons. The van der Waals surface area contributed by atoms with Crippen LogP contribution in [0.25, 0.3) is 0 Å². The van der Waals surface area contributed by atoms with E-state index in [-0.39, 0.29) is 5.54 Å². The molecule has 2 heterocycles. The highest BCUT2D eigenvalue weighted by atomic mass is 15.3. The summed E-state index contributed by atoms with van der Waals surface area (Å²) in [4.78, 5) is 0. The van der Waals surface area contributed by atoms with E-state index in [4.69, 9.17) is 0 Å². The zero-order chi connectivity index (χ0) is 13.0. The molecule has 1 aliphatic rings.